The summed E-state index contributed by atoms with van der Waals surface area (Å²) in [7, 11) is 0. The lowest BCUT2D eigenvalue weighted by molar-refractivity contribution is -0.144. The molecule has 1 aromatic heterocycles. The molecule has 0 spiro atoms. The fourth-order valence-corrected chi connectivity index (χ4v) is 7.52. The number of thiazole rings is 1. The van der Waals surface area contributed by atoms with E-state index in [2.05, 4.69) is 29.5 Å². The average molecular weight is 630 g/mol. The molecule has 3 aliphatic rings. The predicted molar refractivity (Wildman–Crippen MR) is 166 cm³/mol. The molecule has 2 saturated carbocycles. The van der Waals surface area contributed by atoms with Gasteiger partial charge in [0.2, 0.25) is 17.5 Å². The third kappa shape index (κ3) is 7.05. The van der Waals surface area contributed by atoms with Crippen molar-refractivity contribution in [3.63, 3.8) is 0 Å². The molecule has 0 radical (unpaired) electrons. The number of Topliss-reactive ketones (excluding diaryl/α,β-unsaturated/α-hetero) is 3. The van der Waals surface area contributed by atoms with E-state index in [0.717, 1.165) is 18.5 Å². The third-order valence-corrected chi connectivity index (χ3v) is 10.6. The number of fused-ring (bicyclic) bond motifs is 1. The van der Waals surface area contributed by atoms with Crippen molar-refractivity contribution in [2.75, 3.05) is 6.54 Å². The second-order valence-corrected chi connectivity index (χ2v) is 15.8. The van der Waals surface area contributed by atoms with E-state index < -0.39 is 53.1 Å². The van der Waals surface area contributed by atoms with E-state index in [-0.39, 0.29) is 41.2 Å². The van der Waals surface area contributed by atoms with E-state index in [4.69, 9.17) is 5.73 Å². The fourth-order valence-electron chi connectivity index (χ4n) is 6.75. The molecule has 1 saturated heterocycles. The zero-order chi connectivity index (χ0) is 32.9. The summed E-state index contributed by atoms with van der Waals surface area (Å²) in [5.41, 5.74) is 5.15. The molecule has 44 heavy (non-hydrogen) atoms. The van der Waals surface area contributed by atoms with Gasteiger partial charge < -0.3 is 21.3 Å². The molecule has 0 aromatic carbocycles. The van der Waals surface area contributed by atoms with Crippen LogP contribution >= 0.6 is 11.3 Å². The van der Waals surface area contributed by atoms with Crippen molar-refractivity contribution in [2.45, 2.75) is 99.2 Å². The van der Waals surface area contributed by atoms with Gasteiger partial charge in [-0.05, 0) is 47.8 Å². The number of piperidine rings is 1. The van der Waals surface area contributed by atoms with Crippen LogP contribution in [0.1, 0.15) is 89.6 Å². The Kier molecular flexibility index (Phi) is 9.45. The van der Waals surface area contributed by atoms with Gasteiger partial charge in [0.05, 0.1) is 12.1 Å². The molecular formula is C32H47N5O6S. The lowest BCUT2D eigenvalue weighted by atomic mass is 9.84. The van der Waals surface area contributed by atoms with Crippen molar-refractivity contribution >= 4 is 46.5 Å². The van der Waals surface area contributed by atoms with Crippen molar-refractivity contribution < 1.29 is 28.8 Å². The summed E-state index contributed by atoms with van der Waals surface area (Å²) in [5, 5.41) is 7.65. The van der Waals surface area contributed by atoms with Gasteiger partial charge in [-0.3, -0.25) is 24.0 Å². The standard InChI is InChI=1S/C32H47N5O6S/c1-15(2)22(25(40)28-34-16(3)14-44-28)35-30(43)36-26(31(4,5)6)29(42)37-13-19-21(32(19,7)8)23(37)20(38)12-18(11-17-9-10-17)24(39)27(33)41/h14-15,17-19,21-23,26H,9-13H2,1-8H3,(H2,33,41)(H2,35,36,43)/t18?,19-,21-,22-,23+,26+/m0/s1. The Balaban J connectivity index is 1.53. The molecule has 6 atom stereocenters. The minimum absolute atomic E-state index is 0.0802. The Morgan fingerprint density at radius 3 is 2.25 bits per heavy atom. The number of nitrogens with one attached hydrogen (secondary N) is 2. The number of urea groups is 1. The van der Waals surface area contributed by atoms with Crippen molar-refractivity contribution in [3.05, 3.63) is 16.1 Å². The Hall–Kier alpha value is -3.15. The van der Waals surface area contributed by atoms with Crippen LogP contribution in [0.3, 0.4) is 0 Å². The van der Waals surface area contributed by atoms with Gasteiger partial charge in [-0.15, -0.1) is 11.3 Å². The molecule has 0 bridgehead atoms. The van der Waals surface area contributed by atoms with Crippen molar-refractivity contribution in [3.8, 4) is 0 Å². The maximum Gasteiger partial charge on any atom is 0.316 e. The largest absolute Gasteiger partial charge is 0.363 e. The average Bonchev–Trinajstić information content (AvgIpc) is 3.67. The Labute approximate surface area is 263 Å². The number of carbonyl (C=O) groups is 6. The number of likely N-dealkylation sites (tertiary alicyclic amines) is 1. The van der Waals surface area contributed by atoms with E-state index in [1.165, 1.54) is 11.3 Å². The number of primary amides is 1. The number of nitrogens with zero attached hydrogens (tertiary/aromatic N) is 2. The van der Waals surface area contributed by atoms with Crippen LogP contribution in [0.25, 0.3) is 0 Å². The molecule has 1 unspecified atom stereocenters. The molecule has 4 amide bonds. The summed E-state index contributed by atoms with van der Waals surface area (Å²) in [4.78, 5) is 84.9. The van der Waals surface area contributed by atoms with Crippen LogP contribution in [0.5, 0.6) is 0 Å². The lowest BCUT2D eigenvalue weighted by Crippen LogP contribution is -2.61. The van der Waals surface area contributed by atoms with Crippen molar-refractivity contribution in [2.24, 2.45) is 46.2 Å². The first-order chi connectivity index (χ1) is 20.3. The second kappa shape index (κ2) is 12.3. The van der Waals surface area contributed by atoms with E-state index in [9.17, 15) is 28.8 Å². The Morgan fingerprint density at radius 1 is 1.11 bits per heavy atom. The van der Waals surface area contributed by atoms with Crippen LogP contribution in [0, 0.1) is 47.3 Å². The van der Waals surface area contributed by atoms with Crippen LogP contribution in [0.4, 0.5) is 4.79 Å². The summed E-state index contributed by atoms with van der Waals surface area (Å²) in [6.07, 6.45) is 2.20. The van der Waals surface area contributed by atoms with E-state index in [1.807, 2.05) is 34.6 Å². The summed E-state index contributed by atoms with van der Waals surface area (Å²) in [5.74, 6) is -3.42. The number of aryl methyl sites for hydroxylation is 1. The zero-order valence-electron chi connectivity index (χ0n) is 27.1. The number of ketones is 3. The van der Waals surface area contributed by atoms with Crippen molar-refractivity contribution in [1.29, 1.82) is 0 Å². The van der Waals surface area contributed by atoms with Gasteiger partial charge in [0.15, 0.2) is 10.8 Å². The van der Waals surface area contributed by atoms with Gasteiger partial charge in [0.1, 0.15) is 6.04 Å². The predicted octanol–water partition coefficient (Wildman–Crippen LogP) is 3.29. The minimum Gasteiger partial charge on any atom is -0.363 e. The molecule has 1 aromatic rings. The first-order valence-corrected chi connectivity index (χ1v) is 16.4. The molecular weight excluding hydrogens is 582 g/mol. The van der Waals surface area contributed by atoms with Crippen LogP contribution < -0.4 is 16.4 Å². The van der Waals surface area contributed by atoms with E-state index in [0.29, 0.717) is 23.9 Å². The lowest BCUT2D eigenvalue weighted by Gasteiger charge is -2.38. The first-order valence-electron chi connectivity index (χ1n) is 15.5. The number of hydrogen-bond donors (Lipinski definition) is 3. The highest BCUT2D eigenvalue weighted by Gasteiger charge is 2.69. The van der Waals surface area contributed by atoms with Gasteiger partial charge in [-0.1, -0.05) is 61.3 Å². The normalized spacial score (nSPS) is 24.2. The van der Waals surface area contributed by atoms with Gasteiger partial charge in [0, 0.05) is 30.0 Å². The Bertz CT molecular complexity index is 1340. The maximum atomic E-state index is 14.2. The number of carbonyl (C=O) groups excluding carboxylic acids is 6. The molecule has 11 nitrogen and oxygen atoms in total. The number of nitrogens with two attached hydrogens (primary N) is 1. The summed E-state index contributed by atoms with van der Waals surface area (Å²) in [6, 6.07) is -3.28. The fraction of sp³-hybridized carbons (Fsp3) is 0.719. The van der Waals surface area contributed by atoms with Crippen LogP contribution in [-0.4, -0.2) is 69.7 Å². The highest BCUT2D eigenvalue weighted by molar-refractivity contribution is 7.11. The number of rotatable bonds is 13. The van der Waals surface area contributed by atoms with E-state index in [1.54, 1.807) is 17.2 Å². The smallest absolute Gasteiger partial charge is 0.316 e. The summed E-state index contributed by atoms with van der Waals surface area (Å²) >= 11 is 1.22. The molecule has 4 N–H and O–H groups in total. The molecule has 3 fully saturated rings. The zero-order valence-corrected chi connectivity index (χ0v) is 27.9. The number of amides is 4. The summed E-state index contributed by atoms with van der Waals surface area (Å²) in [6.45, 7) is 15.4. The molecule has 242 valence electrons. The number of aromatic nitrogens is 1. The van der Waals surface area contributed by atoms with Crippen molar-refractivity contribution in [1.82, 2.24) is 20.5 Å². The second-order valence-electron chi connectivity index (χ2n) is 15.0. The maximum absolute atomic E-state index is 14.2. The summed E-state index contributed by atoms with van der Waals surface area (Å²) < 4.78 is 0. The molecule has 12 heteroatoms. The molecule has 4 rings (SSSR count). The van der Waals surface area contributed by atoms with Gasteiger partial charge in [0.25, 0.3) is 5.91 Å². The van der Waals surface area contributed by atoms with E-state index >= 15 is 0 Å². The molecule has 2 aliphatic carbocycles. The topological polar surface area (TPSA) is 169 Å². The quantitative estimate of drug-likeness (QED) is 0.222. The SMILES string of the molecule is Cc1csc(C(=O)[C@@H](NC(=O)N[C@H](C(=O)N2C[C@H]3[C@@H]([C@H]2C(=O)CC(CC2CC2)C(=O)C(N)=O)C3(C)C)C(C)(C)C)C(C)C)n1. The van der Waals surface area contributed by atoms with Gasteiger partial charge in [-0.2, -0.15) is 0 Å². The minimum atomic E-state index is -1.04. The Morgan fingerprint density at radius 2 is 1.75 bits per heavy atom. The highest BCUT2D eigenvalue weighted by Crippen LogP contribution is 2.65. The van der Waals surface area contributed by atoms with Crippen LogP contribution in [-0.2, 0) is 19.2 Å². The molecule has 2 heterocycles. The van der Waals surface area contributed by atoms with Gasteiger partial charge in [-0.25, -0.2) is 9.78 Å². The van der Waals surface area contributed by atoms with Gasteiger partial charge >= 0.3 is 6.03 Å². The monoisotopic (exact) mass is 629 g/mol. The highest BCUT2D eigenvalue weighted by atomic mass is 32.1. The third-order valence-electron chi connectivity index (χ3n) is 9.65. The number of hydrogen-bond acceptors (Lipinski definition) is 8. The van der Waals surface area contributed by atoms with Crippen LogP contribution in [0.2, 0.25) is 0 Å². The first kappa shape index (κ1) is 33.7. The molecule has 1 aliphatic heterocycles. The van der Waals surface area contributed by atoms with Crippen LogP contribution in [0.15, 0.2) is 5.38 Å².